The SMILES string of the molecule is COCC(=O)N[C@@H]1C[C@H](COc2ccccc2)C[C@H]1C(=O)N1CCN(C2CCN(C)CC2)CC1. The first-order chi connectivity index (χ1) is 16.5. The monoisotopic (exact) mass is 472 g/mol. The lowest BCUT2D eigenvalue weighted by Crippen LogP contribution is -2.56. The van der Waals surface area contributed by atoms with Crippen LogP contribution in [0, 0.1) is 11.8 Å². The predicted octanol–water partition coefficient (Wildman–Crippen LogP) is 1.46. The summed E-state index contributed by atoms with van der Waals surface area (Å²) in [6, 6.07) is 10.2. The number of hydrogen-bond donors (Lipinski definition) is 1. The Morgan fingerprint density at radius 1 is 1.00 bits per heavy atom. The summed E-state index contributed by atoms with van der Waals surface area (Å²) in [7, 11) is 3.70. The second-order valence-corrected chi connectivity index (χ2v) is 10.1. The predicted molar refractivity (Wildman–Crippen MR) is 131 cm³/mol. The molecular formula is C26H40N4O4. The zero-order chi connectivity index (χ0) is 23.9. The number of methoxy groups -OCH3 is 1. The van der Waals surface area contributed by atoms with Gasteiger partial charge < -0.3 is 24.6 Å². The molecule has 8 nitrogen and oxygen atoms in total. The maximum atomic E-state index is 13.6. The first kappa shape index (κ1) is 24.9. The van der Waals surface area contributed by atoms with Crippen LogP contribution in [-0.2, 0) is 14.3 Å². The normalized spacial score (nSPS) is 27.0. The van der Waals surface area contributed by atoms with E-state index in [1.165, 1.54) is 20.0 Å². The molecule has 188 valence electrons. The summed E-state index contributed by atoms with van der Waals surface area (Å²) in [5.74, 6) is 0.861. The molecule has 3 aliphatic rings. The first-order valence-corrected chi connectivity index (χ1v) is 12.7. The van der Waals surface area contributed by atoms with Crippen LogP contribution in [0.25, 0.3) is 0 Å². The van der Waals surface area contributed by atoms with Crippen molar-refractivity contribution in [2.24, 2.45) is 11.8 Å². The molecule has 2 heterocycles. The molecule has 8 heteroatoms. The fourth-order valence-electron chi connectivity index (χ4n) is 5.72. The van der Waals surface area contributed by atoms with Gasteiger partial charge in [-0.2, -0.15) is 0 Å². The maximum Gasteiger partial charge on any atom is 0.246 e. The number of nitrogens with zero attached hydrogens (tertiary/aromatic N) is 3. The van der Waals surface area contributed by atoms with Gasteiger partial charge in [0.2, 0.25) is 11.8 Å². The van der Waals surface area contributed by atoms with Crippen LogP contribution >= 0.6 is 0 Å². The minimum Gasteiger partial charge on any atom is -0.493 e. The topological polar surface area (TPSA) is 74.3 Å². The average molecular weight is 473 g/mol. The van der Waals surface area contributed by atoms with Crippen LogP contribution < -0.4 is 10.1 Å². The Hall–Kier alpha value is -2.16. The molecule has 4 rings (SSSR count). The van der Waals surface area contributed by atoms with Gasteiger partial charge >= 0.3 is 0 Å². The zero-order valence-electron chi connectivity index (χ0n) is 20.7. The smallest absolute Gasteiger partial charge is 0.246 e. The van der Waals surface area contributed by atoms with Crippen molar-refractivity contribution in [1.82, 2.24) is 20.0 Å². The highest BCUT2D eigenvalue weighted by Gasteiger charge is 2.42. The van der Waals surface area contributed by atoms with E-state index in [0.717, 1.165) is 57.9 Å². The highest BCUT2D eigenvalue weighted by Crippen LogP contribution is 2.34. The summed E-state index contributed by atoms with van der Waals surface area (Å²) in [6.07, 6.45) is 3.90. The van der Waals surface area contributed by atoms with E-state index in [4.69, 9.17) is 9.47 Å². The number of piperazine rings is 1. The van der Waals surface area contributed by atoms with E-state index in [1.807, 2.05) is 35.2 Å². The fourth-order valence-corrected chi connectivity index (χ4v) is 5.72. The molecule has 1 aromatic carbocycles. The molecule has 2 aliphatic heterocycles. The summed E-state index contributed by atoms with van der Waals surface area (Å²) in [4.78, 5) is 32.8. The van der Waals surface area contributed by atoms with Crippen molar-refractivity contribution < 1.29 is 19.1 Å². The van der Waals surface area contributed by atoms with Gasteiger partial charge in [0.05, 0.1) is 12.5 Å². The van der Waals surface area contributed by atoms with Crippen LogP contribution in [-0.4, -0.2) is 105 Å². The minimum atomic E-state index is -0.208. The highest BCUT2D eigenvalue weighted by molar-refractivity contribution is 5.82. The molecule has 1 saturated carbocycles. The third kappa shape index (κ3) is 6.49. The number of rotatable bonds is 8. The number of piperidine rings is 1. The average Bonchev–Trinajstić information content (AvgIpc) is 3.26. The van der Waals surface area contributed by atoms with E-state index in [-0.39, 0.29) is 36.3 Å². The summed E-state index contributed by atoms with van der Waals surface area (Å²) in [5, 5.41) is 3.06. The van der Waals surface area contributed by atoms with Gasteiger partial charge in [0, 0.05) is 45.4 Å². The molecule has 0 unspecified atom stereocenters. The van der Waals surface area contributed by atoms with E-state index in [9.17, 15) is 9.59 Å². The quantitative estimate of drug-likeness (QED) is 0.618. The van der Waals surface area contributed by atoms with E-state index < -0.39 is 0 Å². The molecular weight excluding hydrogens is 432 g/mol. The fraction of sp³-hybridized carbons (Fsp3) is 0.692. The van der Waals surface area contributed by atoms with Crippen molar-refractivity contribution in [2.75, 3.05) is 66.6 Å². The second kappa shape index (κ2) is 12.0. The van der Waals surface area contributed by atoms with Gasteiger partial charge in [-0.15, -0.1) is 0 Å². The van der Waals surface area contributed by atoms with Crippen LogP contribution in [0.2, 0.25) is 0 Å². The lowest BCUT2D eigenvalue weighted by atomic mass is 9.99. The van der Waals surface area contributed by atoms with Gasteiger partial charge in [0.25, 0.3) is 0 Å². The van der Waals surface area contributed by atoms with Gasteiger partial charge in [0.15, 0.2) is 0 Å². The van der Waals surface area contributed by atoms with E-state index in [0.29, 0.717) is 12.6 Å². The minimum absolute atomic E-state index is 0.0117. The summed E-state index contributed by atoms with van der Waals surface area (Å²) < 4.78 is 11.0. The van der Waals surface area contributed by atoms with Crippen molar-refractivity contribution in [3.8, 4) is 5.75 Å². The largest absolute Gasteiger partial charge is 0.493 e. The number of nitrogens with one attached hydrogen (secondary N) is 1. The highest BCUT2D eigenvalue weighted by atomic mass is 16.5. The Morgan fingerprint density at radius 2 is 1.71 bits per heavy atom. The van der Waals surface area contributed by atoms with Crippen molar-refractivity contribution in [3.05, 3.63) is 30.3 Å². The number of amides is 2. The van der Waals surface area contributed by atoms with Gasteiger partial charge in [-0.3, -0.25) is 14.5 Å². The summed E-state index contributed by atoms with van der Waals surface area (Å²) in [5.41, 5.74) is 0. The van der Waals surface area contributed by atoms with Crippen molar-refractivity contribution in [1.29, 1.82) is 0 Å². The number of benzene rings is 1. The van der Waals surface area contributed by atoms with Crippen LogP contribution in [0.1, 0.15) is 25.7 Å². The second-order valence-electron chi connectivity index (χ2n) is 10.1. The third-order valence-corrected chi connectivity index (χ3v) is 7.66. The third-order valence-electron chi connectivity index (χ3n) is 7.66. The molecule has 3 atom stereocenters. The van der Waals surface area contributed by atoms with E-state index in [1.54, 1.807) is 0 Å². The maximum absolute atomic E-state index is 13.6. The van der Waals surface area contributed by atoms with Crippen LogP contribution in [0.15, 0.2) is 30.3 Å². The number of carbonyl (C=O) groups excluding carboxylic acids is 2. The zero-order valence-corrected chi connectivity index (χ0v) is 20.7. The number of para-hydroxylation sites is 1. The standard InChI is InChI=1S/C26H40N4O4/c1-28-10-8-21(9-11-28)29-12-14-30(15-13-29)26(32)23-16-20(17-24(23)27-25(31)19-33-2)18-34-22-6-4-3-5-7-22/h3-7,20-21,23-24H,8-19H2,1-2H3,(H,27,31)/t20-,23-,24-/m1/s1. The number of likely N-dealkylation sites (tertiary alicyclic amines) is 1. The summed E-state index contributed by atoms with van der Waals surface area (Å²) in [6.45, 7) is 6.29. The Labute approximate surface area is 203 Å². The molecule has 0 spiro atoms. The van der Waals surface area contributed by atoms with Gasteiger partial charge in [-0.1, -0.05) is 18.2 Å². The van der Waals surface area contributed by atoms with Crippen LogP contribution in [0.5, 0.6) is 5.75 Å². The van der Waals surface area contributed by atoms with Gasteiger partial charge in [0.1, 0.15) is 12.4 Å². The molecule has 2 saturated heterocycles. The van der Waals surface area contributed by atoms with Crippen LogP contribution in [0.4, 0.5) is 0 Å². The molecule has 2 amide bonds. The Bertz CT molecular complexity index is 791. The van der Waals surface area contributed by atoms with Crippen LogP contribution in [0.3, 0.4) is 0 Å². The van der Waals surface area contributed by atoms with Crippen molar-refractivity contribution in [2.45, 2.75) is 37.8 Å². The lowest BCUT2D eigenvalue weighted by molar-refractivity contribution is -0.138. The lowest BCUT2D eigenvalue weighted by Gasteiger charge is -2.43. The molecule has 1 aliphatic carbocycles. The summed E-state index contributed by atoms with van der Waals surface area (Å²) >= 11 is 0. The molecule has 0 radical (unpaired) electrons. The van der Waals surface area contributed by atoms with Gasteiger partial charge in [-0.25, -0.2) is 0 Å². The number of carbonyl (C=O) groups is 2. The Kier molecular flexibility index (Phi) is 8.80. The number of hydrogen-bond acceptors (Lipinski definition) is 6. The van der Waals surface area contributed by atoms with Crippen molar-refractivity contribution in [3.63, 3.8) is 0 Å². The number of ether oxygens (including phenoxy) is 2. The van der Waals surface area contributed by atoms with E-state index in [2.05, 4.69) is 22.2 Å². The molecule has 0 aromatic heterocycles. The molecule has 0 bridgehead atoms. The molecule has 1 N–H and O–H groups in total. The molecule has 3 fully saturated rings. The van der Waals surface area contributed by atoms with Crippen molar-refractivity contribution >= 4 is 11.8 Å². The Morgan fingerprint density at radius 3 is 2.38 bits per heavy atom. The Balaban J connectivity index is 1.33. The van der Waals surface area contributed by atoms with Gasteiger partial charge in [-0.05, 0) is 63.9 Å². The first-order valence-electron chi connectivity index (χ1n) is 12.7. The molecule has 34 heavy (non-hydrogen) atoms. The van der Waals surface area contributed by atoms with E-state index >= 15 is 0 Å². The molecule has 1 aromatic rings.